The van der Waals surface area contributed by atoms with E-state index in [0.717, 1.165) is 37.7 Å². The van der Waals surface area contributed by atoms with Crippen molar-refractivity contribution in [2.24, 2.45) is 0 Å². The fourth-order valence-corrected chi connectivity index (χ4v) is 3.83. The van der Waals surface area contributed by atoms with Gasteiger partial charge in [0.1, 0.15) is 17.6 Å². The Labute approximate surface area is 169 Å². The van der Waals surface area contributed by atoms with Gasteiger partial charge in [0, 0.05) is 18.0 Å². The molecule has 3 aromatic rings. The molecular weight excluding hydrogens is 380 g/mol. The third kappa shape index (κ3) is 3.77. The van der Waals surface area contributed by atoms with Gasteiger partial charge in [-0.25, -0.2) is 4.98 Å². The van der Waals surface area contributed by atoms with Crippen LogP contribution in [0, 0.1) is 0 Å². The van der Waals surface area contributed by atoms with E-state index >= 15 is 0 Å². The van der Waals surface area contributed by atoms with E-state index in [0.29, 0.717) is 17.6 Å². The number of furan rings is 1. The Bertz CT molecular complexity index is 1020. The number of hydrogen-bond donors (Lipinski definition) is 1. The van der Waals surface area contributed by atoms with Gasteiger partial charge in [-0.2, -0.15) is 0 Å². The Balaban J connectivity index is 0.00000225. The number of fused-ring (bicyclic) bond motifs is 3. The first-order valence-electron chi connectivity index (χ1n) is 9.56. The van der Waals surface area contributed by atoms with E-state index < -0.39 is 0 Å². The predicted molar refractivity (Wildman–Crippen MR) is 111 cm³/mol. The minimum atomic E-state index is -0.314. The lowest BCUT2D eigenvalue weighted by Crippen LogP contribution is -2.48. The zero-order valence-corrected chi connectivity index (χ0v) is 16.7. The summed E-state index contributed by atoms with van der Waals surface area (Å²) >= 11 is 0. The third-order valence-corrected chi connectivity index (χ3v) is 5.19. The van der Waals surface area contributed by atoms with Gasteiger partial charge >= 0.3 is 0 Å². The molecular formula is C20H25ClN4O3. The van der Waals surface area contributed by atoms with Crippen LogP contribution in [-0.2, 0) is 11.3 Å². The van der Waals surface area contributed by atoms with Crippen molar-refractivity contribution < 1.29 is 9.21 Å². The van der Waals surface area contributed by atoms with E-state index in [9.17, 15) is 9.59 Å². The number of aromatic nitrogens is 2. The van der Waals surface area contributed by atoms with Crippen molar-refractivity contribution in [2.75, 3.05) is 19.6 Å². The molecule has 3 heterocycles. The van der Waals surface area contributed by atoms with Gasteiger partial charge in [-0.15, -0.1) is 12.4 Å². The lowest BCUT2D eigenvalue weighted by atomic mass is 10.0. The van der Waals surface area contributed by atoms with Crippen molar-refractivity contribution >= 4 is 40.4 Å². The van der Waals surface area contributed by atoms with Crippen molar-refractivity contribution in [2.45, 2.75) is 38.8 Å². The zero-order chi connectivity index (χ0) is 18.8. The Morgan fingerprint density at radius 1 is 1.32 bits per heavy atom. The van der Waals surface area contributed by atoms with Crippen LogP contribution in [0.3, 0.4) is 0 Å². The maximum absolute atomic E-state index is 12.9. The van der Waals surface area contributed by atoms with Crippen molar-refractivity contribution in [1.82, 2.24) is 19.8 Å². The van der Waals surface area contributed by atoms with E-state index in [1.807, 2.05) is 29.2 Å². The molecule has 1 aliphatic rings. The average molecular weight is 405 g/mol. The van der Waals surface area contributed by atoms with Crippen LogP contribution in [0.15, 0.2) is 39.8 Å². The maximum Gasteiger partial charge on any atom is 0.297 e. The van der Waals surface area contributed by atoms with E-state index in [-0.39, 0.29) is 42.0 Å². The number of amides is 1. The minimum Gasteiger partial charge on any atom is -0.448 e. The molecule has 1 saturated heterocycles. The normalized spacial score (nSPS) is 14.9. The second kappa shape index (κ2) is 8.75. The van der Waals surface area contributed by atoms with Gasteiger partial charge in [-0.05, 0) is 44.5 Å². The number of nitrogens with zero attached hydrogens (tertiary/aromatic N) is 3. The molecule has 4 rings (SSSR count). The molecule has 1 aliphatic heterocycles. The van der Waals surface area contributed by atoms with Crippen LogP contribution in [0.1, 0.15) is 26.2 Å². The number of hydrogen-bond acceptors (Lipinski definition) is 5. The highest BCUT2D eigenvalue weighted by Crippen LogP contribution is 2.24. The molecule has 1 N–H and O–H groups in total. The Hall–Kier alpha value is -2.38. The largest absolute Gasteiger partial charge is 0.448 e. The number of benzene rings is 1. The number of nitrogens with one attached hydrogen (secondary N) is 1. The summed E-state index contributed by atoms with van der Waals surface area (Å²) < 4.78 is 7.06. The van der Waals surface area contributed by atoms with Crippen molar-refractivity contribution in [3.05, 3.63) is 40.9 Å². The summed E-state index contributed by atoms with van der Waals surface area (Å²) in [7, 11) is 0. The number of carbonyl (C=O) groups excluding carboxylic acids is 1. The van der Waals surface area contributed by atoms with E-state index in [1.165, 1.54) is 10.9 Å². The molecule has 0 atom stereocenters. The summed E-state index contributed by atoms with van der Waals surface area (Å²) in [5, 5.41) is 4.14. The van der Waals surface area contributed by atoms with E-state index in [2.05, 4.69) is 17.2 Å². The van der Waals surface area contributed by atoms with Crippen LogP contribution >= 0.6 is 12.4 Å². The summed E-state index contributed by atoms with van der Waals surface area (Å²) in [6.45, 7) is 4.60. The zero-order valence-electron chi connectivity index (χ0n) is 15.9. The summed E-state index contributed by atoms with van der Waals surface area (Å²) in [4.78, 5) is 32.1. The first-order chi connectivity index (χ1) is 13.2. The molecule has 150 valence electrons. The molecule has 0 bridgehead atoms. The van der Waals surface area contributed by atoms with Crippen LogP contribution in [0.5, 0.6) is 0 Å². The Morgan fingerprint density at radius 2 is 2.07 bits per heavy atom. The van der Waals surface area contributed by atoms with Gasteiger partial charge in [0.25, 0.3) is 5.56 Å². The standard InChI is InChI=1S/C20H24N4O3.ClH/c1-2-11-24(14-7-9-21-10-8-14)17(25)12-23-13-22-18-15-5-3-4-6-16(15)27-19(18)20(23)26;/h3-6,13-14,21H,2,7-12H2,1H3;1H. The van der Waals surface area contributed by atoms with E-state index in [1.54, 1.807) is 0 Å². The Morgan fingerprint density at radius 3 is 2.82 bits per heavy atom. The maximum atomic E-state index is 12.9. The number of para-hydroxylation sites is 1. The highest BCUT2D eigenvalue weighted by molar-refractivity contribution is 6.01. The molecule has 1 fully saturated rings. The Kier molecular flexibility index (Phi) is 6.36. The van der Waals surface area contributed by atoms with Gasteiger partial charge in [-0.3, -0.25) is 14.2 Å². The van der Waals surface area contributed by atoms with Crippen molar-refractivity contribution in [1.29, 1.82) is 0 Å². The van der Waals surface area contributed by atoms with E-state index in [4.69, 9.17) is 4.42 Å². The van der Waals surface area contributed by atoms with Crippen molar-refractivity contribution in [3.8, 4) is 0 Å². The summed E-state index contributed by atoms with van der Waals surface area (Å²) in [5.74, 6) is -0.0388. The minimum absolute atomic E-state index is 0. The first kappa shape index (κ1) is 20.4. The summed E-state index contributed by atoms with van der Waals surface area (Å²) in [6, 6.07) is 7.66. The molecule has 0 aliphatic carbocycles. The molecule has 7 nitrogen and oxygen atoms in total. The van der Waals surface area contributed by atoms with Crippen LogP contribution in [-0.4, -0.2) is 46.0 Å². The fourth-order valence-electron chi connectivity index (χ4n) is 3.83. The molecule has 28 heavy (non-hydrogen) atoms. The molecule has 0 saturated carbocycles. The van der Waals surface area contributed by atoms with Gasteiger partial charge in [0.05, 0.1) is 6.33 Å². The van der Waals surface area contributed by atoms with Gasteiger partial charge in [0.15, 0.2) is 0 Å². The average Bonchev–Trinajstić information content (AvgIpc) is 3.08. The van der Waals surface area contributed by atoms with Gasteiger partial charge in [0.2, 0.25) is 11.5 Å². The predicted octanol–water partition coefficient (Wildman–Crippen LogP) is 2.56. The second-order valence-electron chi connectivity index (χ2n) is 7.02. The molecule has 1 aromatic carbocycles. The molecule has 0 radical (unpaired) electrons. The van der Waals surface area contributed by atoms with Gasteiger partial charge in [-0.1, -0.05) is 19.1 Å². The number of piperidine rings is 1. The first-order valence-corrected chi connectivity index (χ1v) is 9.56. The lowest BCUT2D eigenvalue weighted by molar-refractivity contribution is -0.134. The molecule has 0 spiro atoms. The van der Waals surface area contributed by atoms with Crippen molar-refractivity contribution in [3.63, 3.8) is 0 Å². The van der Waals surface area contributed by atoms with Crippen LogP contribution in [0.2, 0.25) is 0 Å². The summed E-state index contributed by atoms with van der Waals surface area (Å²) in [6.07, 6.45) is 4.24. The fraction of sp³-hybridized carbons (Fsp3) is 0.450. The SMILES string of the molecule is CCCN(C(=O)Cn1cnc2c(oc3ccccc32)c1=O)C1CCNCC1.Cl. The van der Waals surface area contributed by atoms with Gasteiger partial charge < -0.3 is 14.6 Å². The third-order valence-electron chi connectivity index (χ3n) is 5.19. The monoisotopic (exact) mass is 404 g/mol. The highest BCUT2D eigenvalue weighted by atomic mass is 35.5. The molecule has 1 amide bonds. The molecule has 2 aromatic heterocycles. The second-order valence-corrected chi connectivity index (χ2v) is 7.02. The topological polar surface area (TPSA) is 80.4 Å². The number of carbonyl (C=O) groups is 1. The molecule has 8 heteroatoms. The smallest absolute Gasteiger partial charge is 0.297 e. The lowest BCUT2D eigenvalue weighted by Gasteiger charge is -2.34. The number of halogens is 1. The van der Waals surface area contributed by atoms with Crippen LogP contribution in [0.4, 0.5) is 0 Å². The molecule has 0 unspecified atom stereocenters. The van der Waals surface area contributed by atoms with Crippen LogP contribution < -0.4 is 10.9 Å². The quantitative estimate of drug-likeness (QED) is 0.706. The number of rotatable bonds is 5. The van der Waals surface area contributed by atoms with Crippen LogP contribution in [0.25, 0.3) is 22.1 Å². The highest BCUT2D eigenvalue weighted by Gasteiger charge is 2.25. The summed E-state index contributed by atoms with van der Waals surface area (Å²) in [5.41, 5.74) is 1.06.